The Morgan fingerprint density at radius 1 is 1.44 bits per heavy atom. The number of ether oxygens (including phenoxy) is 1. The number of rotatable bonds is 3. The van der Waals surface area contributed by atoms with E-state index in [4.69, 9.17) is 4.74 Å². The number of nitrogens with zero attached hydrogens (tertiary/aromatic N) is 4. The van der Waals surface area contributed by atoms with Crippen LogP contribution in [0.1, 0.15) is 6.42 Å². The van der Waals surface area contributed by atoms with E-state index < -0.39 is 0 Å². The molecule has 3 rings (SSSR count). The molecule has 6 heteroatoms. The normalized spacial score (nSPS) is 19.1. The average molecular weight is 245 g/mol. The average Bonchev–Trinajstić information content (AvgIpc) is 3.01. The first-order chi connectivity index (χ1) is 8.83. The molecule has 2 aromatic rings. The van der Waals surface area contributed by atoms with Crippen LogP contribution in [0.25, 0.3) is 11.4 Å². The molecule has 1 aliphatic heterocycles. The standard InChI is InChI=1S/C12H15N5O/c1-17-11(3-5-16-17)10-6-12(15-8-14-10)18-9-2-4-13-7-9/h3,5-6,8-9,13H,2,4,7H2,1H3. The highest BCUT2D eigenvalue weighted by Crippen LogP contribution is 2.20. The summed E-state index contributed by atoms with van der Waals surface area (Å²) < 4.78 is 7.59. The molecule has 1 saturated heterocycles. The monoisotopic (exact) mass is 245 g/mol. The Hall–Kier alpha value is -1.95. The summed E-state index contributed by atoms with van der Waals surface area (Å²) in [4.78, 5) is 8.40. The minimum absolute atomic E-state index is 0.208. The van der Waals surface area contributed by atoms with Crippen molar-refractivity contribution < 1.29 is 4.74 Å². The van der Waals surface area contributed by atoms with Crippen molar-refractivity contribution in [2.24, 2.45) is 7.05 Å². The lowest BCUT2D eigenvalue weighted by molar-refractivity contribution is 0.214. The molecule has 2 aromatic heterocycles. The van der Waals surface area contributed by atoms with Crippen LogP contribution < -0.4 is 10.1 Å². The largest absolute Gasteiger partial charge is 0.473 e. The third-order valence-electron chi connectivity index (χ3n) is 3.03. The maximum absolute atomic E-state index is 5.81. The zero-order valence-electron chi connectivity index (χ0n) is 10.2. The Labute approximate surface area is 105 Å². The summed E-state index contributed by atoms with van der Waals surface area (Å²) >= 11 is 0. The van der Waals surface area contributed by atoms with Crippen molar-refractivity contribution in [3.63, 3.8) is 0 Å². The van der Waals surface area contributed by atoms with E-state index in [2.05, 4.69) is 20.4 Å². The van der Waals surface area contributed by atoms with Gasteiger partial charge in [0.25, 0.3) is 0 Å². The minimum Gasteiger partial charge on any atom is -0.473 e. The summed E-state index contributed by atoms with van der Waals surface area (Å²) in [5.74, 6) is 0.620. The van der Waals surface area contributed by atoms with Gasteiger partial charge in [0.2, 0.25) is 5.88 Å². The molecule has 18 heavy (non-hydrogen) atoms. The van der Waals surface area contributed by atoms with Crippen LogP contribution in [-0.2, 0) is 7.05 Å². The smallest absolute Gasteiger partial charge is 0.217 e. The van der Waals surface area contributed by atoms with E-state index in [1.54, 1.807) is 10.9 Å². The summed E-state index contributed by atoms with van der Waals surface area (Å²) in [6, 6.07) is 3.78. The molecule has 0 aliphatic carbocycles. The second kappa shape index (κ2) is 4.73. The SMILES string of the molecule is Cn1nccc1-c1cc(OC2CCNC2)ncn1. The van der Waals surface area contributed by atoms with E-state index >= 15 is 0 Å². The third kappa shape index (κ3) is 2.19. The minimum atomic E-state index is 0.208. The highest BCUT2D eigenvalue weighted by atomic mass is 16.5. The summed E-state index contributed by atoms with van der Waals surface area (Å²) in [6.45, 7) is 1.88. The van der Waals surface area contributed by atoms with Gasteiger partial charge in [0.15, 0.2) is 0 Å². The molecule has 1 N–H and O–H groups in total. The van der Waals surface area contributed by atoms with Gasteiger partial charge in [-0.2, -0.15) is 5.10 Å². The summed E-state index contributed by atoms with van der Waals surface area (Å²) in [7, 11) is 1.89. The first-order valence-electron chi connectivity index (χ1n) is 6.01. The molecule has 0 spiro atoms. The summed E-state index contributed by atoms with van der Waals surface area (Å²) in [5.41, 5.74) is 1.78. The maximum Gasteiger partial charge on any atom is 0.217 e. The Morgan fingerprint density at radius 2 is 2.39 bits per heavy atom. The van der Waals surface area contributed by atoms with Gasteiger partial charge >= 0.3 is 0 Å². The number of nitrogens with one attached hydrogen (secondary N) is 1. The van der Waals surface area contributed by atoms with E-state index in [0.29, 0.717) is 5.88 Å². The van der Waals surface area contributed by atoms with Crippen LogP contribution in [0.3, 0.4) is 0 Å². The molecular formula is C12H15N5O. The van der Waals surface area contributed by atoms with Crippen LogP contribution in [0.15, 0.2) is 24.7 Å². The Balaban J connectivity index is 1.82. The number of hydrogen-bond donors (Lipinski definition) is 1. The second-order valence-corrected chi connectivity index (χ2v) is 4.31. The molecule has 0 bridgehead atoms. The highest BCUT2D eigenvalue weighted by Gasteiger charge is 2.17. The lowest BCUT2D eigenvalue weighted by atomic mass is 10.3. The quantitative estimate of drug-likeness (QED) is 0.858. The number of hydrogen-bond acceptors (Lipinski definition) is 5. The van der Waals surface area contributed by atoms with Gasteiger partial charge in [0, 0.05) is 25.9 Å². The van der Waals surface area contributed by atoms with Gasteiger partial charge in [0.1, 0.15) is 12.4 Å². The summed E-state index contributed by atoms with van der Waals surface area (Å²) in [5, 5.41) is 7.39. The van der Waals surface area contributed by atoms with Gasteiger partial charge in [-0.15, -0.1) is 0 Å². The van der Waals surface area contributed by atoms with Gasteiger partial charge in [-0.1, -0.05) is 0 Å². The van der Waals surface area contributed by atoms with Crippen molar-refractivity contribution in [2.45, 2.75) is 12.5 Å². The molecule has 1 fully saturated rings. The summed E-state index contributed by atoms with van der Waals surface area (Å²) in [6.07, 6.45) is 4.50. The van der Waals surface area contributed by atoms with Gasteiger partial charge < -0.3 is 10.1 Å². The first kappa shape index (κ1) is 11.2. The first-order valence-corrected chi connectivity index (χ1v) is 6.01. The second-order valence-electron chi connectivity index (χ2n) is 4.31. The molecule has 0 saturated carbocycles. The van der Waals surface area contributed by atoms with Crippen molar-refractivity contribution >= 4 is 0 Å². The maximum atomic E-state index is 5.81. The van der Waals surface area contributed by atoms with E-state index in [1.807, 2.05) is 19.2 Å². The number of aryl methyl sites for hydroxylation is 1. The van der Waals surface area contributed by atoms with Gasteiger partial charge in [-0.25, -0.2) is 9.97 Å². The molecule has 1 aliphatic rings. The molecule has 94 valence electrons. The van der Waals surface area contributed by atoms with Crippen molar-refractivity contribution in [1.82, 2.24) is 25.1 Å². The van der Waals surface area contributed by atoms with Crippen LogP contribution in [-0.4, -0.2) is 38.9 Å². The fourth-order valence-electron chi connectivity index (χ4n) is 2.07. The molecule has 0 amide bonds. The molecule has 1 unspecified atom stereocenters. The van der Waals surface area contributed by atoms with E-state index in [-0.39, 0.29) is 6.10 Å². The van der Waals surface area contributed by atoms with Crippen molar-refractivity contribution in [3.8, 4) is 17.3 Å². The van der Waals surface area contributed by atoms with Gasteiger partial charge in [-0.3, -0.25) is 4.68 Å². The Kier molecular flexibility index (Phi) is 2.93. The fraction of sp³-hybridized carbons (Fsp3) is 0.417. The van der Waals surface area contributed by atoms with Gasteiger partial charge in [-0.05, 0) is 19.0 Å². The van der Waals surface area contributed by atoms with Crippen LogP contribution in [0.5, 0.6) is 5.88 Å². The molecular weight excluding hydrogens is 230 g/mol. The lowest BCUT2D eigenvalue weighted by Crippen LogP contribution is -2.20. The Bertz CT molecular complexity index is 533. The molecule has 0 aromatic carbocycles. The van der Waals surface area contributed by atoms with Crippen LogP contribution in [0.2, 0.25) is 0 Å². The van der Waals surface area contributed by atoms with Crippen molar-refractivity contribution in [2.75, 3.05) is 13.1 Å². The van der Waals surface area contributed by atoms with Crippen molar-refractivity contribution in [1.29, 1.82) is 0 Å². The topological polar surface area (TPSA) is 64.9 Å². The molecule has 6 nitrogen and oxygen atoms in total. The molecule has 1 atom stereocenters. The Morgan fingerprint density at radius 3 is 3.11 bits per heavy atom. The predicted molar refractivity (Wildman–Crippen MR) is 66.1 cm³/mol. The van der Waals surface area contributed by atoms with Crippen LogP contribution >= 0.6 is 0 Å². The van der Waals surface area contributed by atoms with E-state index in [1.165, 1.54) is 6.33 Å². The van der Waals surface area contributed by atoms with Gasteiger partial charge in [0.05, 0.1) is 11.4 Å². The fourth-order valence-corrected chi connectivity index (χ4v) is 2.07. The molecule has 0 radical (unpaired) electrons. The lowest BCUT2D eigenvalue weighted by Gasteiger charge is -2.11. The molecule has 3 heterocycles. The third-order valence-corrected chi connectivity index (χ3v) is 3.03. The van der Waals surface area contributed by atoms with E-state index in [9.17, 15) is 0 Å². The zero-order chi connectivity index (χ0) is 12.4. The predicted octanol–water partition coefficient (Wildman–Crippen LogP) is 0.618. The van der Waals surface area contributed by atoms with Crippen LogP contribution in [0.4, 0.5) is 0 Å². The number of aromatic nitrogens is 4. The van der Waals surface area contributed by atoms with Crippen molar-refractivity contribution in [3.05, 3.63) is 24.7 Å². The van der Waals surface area contributed by atoms with Crippen LogP contribution in [0, 0.1) is 0 Å². The highest BCUT2D eigenvalue weighted by molar-refractivity contribution is 5.54. The zero-order valence-corrected chi connectivity index (χ0v) is 10.2. The van der Waals surface area contributed by atoms with E-state index in [0.717, 1.165) is 30.9 Å².